The molecule has 2 aromatic carbocycles. The molecule has 0 aliphatic heterocycles. The molecule has 0 bridgehead atoms. The molecule has 0 N–H and O–H groups in total. The minimum absolute atomic E-state index is 0.0199. The van der Waals surface area contributed by atoms with Crippen molar-refractivity contribution in [2.75, 3.05) is 5.75 Å². The van der Waals surface area contributed by atoms with Crippen molar-refractivity contribution in [2.45, 2.75) is 80.8 Å². The maximum absolute atomic E-state index is 14.5. The number of rotatable bonds is 5. The molecule has 6 rings (SSSR count). The molecule has 1 heterocycles. The average Bonchev–Trinajstić information content (AvgIpc) is 3.36. The molecule has 1 aromatic heterocycles. The molecule has 3 aromatic rings. The van der Waals surface area contributed by atoms with Crippen LogP contribution in [0.25, 0.3) is 11.3 Å². The summed E-state index contributed by atoms with van der Waals surface area (Å²) >= 11 is 7.42. The highest BCUT2D eigenvalue weighted by molar-refractivity contribution is 7.99. The molecule has 36 heavy (non-hydrogen) atoms. The molecule has 3 aliphatic rings. The van der Waals surface area contributed by atoms with Gasteiger partial charge in [0.1, 0.15) is 0 Å². The Kier molecular flexibility index (Phi) is 6.55. The van der Waals surface area contributed by atoms with Crippen molar-refractivity contribution in [2.24, 2.45) is 0 Å². The topological polar surface area (TPSA) is 52.0 Å². The summed E-state index contributed by atoms with van der Waals surface area (Å²) in [6.45, 7) is 0. The summed E-state index contributed by atoms with van der Waals surface area (Å²) in [5.74, 6) is 0.262. The van der Waals surface area contributed by atoms with E-state index in [1.807, 2.05) is 10.6 Å². The molecule has 3 aliphatic carbocycles. The van der Waals surface area contributed by atoms with Crippen molar-refractivity contribution in [3.63, 3.8) is 0 Å². The first-order valence-electron chi connectivity index (χ1n) is 13.2. The van der Waals surface area contributed by atoms with Gasteiger partial charge in [-0.15, -0.1) is 0 Å². The Labute approximate surface area is 221 Å². The molecular formula is C30H31ClN2O2S. The van der Waals surface area contributed by atoms with E-state index < -0.39 is 0 Å². The molecular weight excluding hydrogens is 488 g/mol. The lowest BCUT2D eigenvalue weighted by Crippen LogP contribution is -2.41. The van der Waals surface area contributed by atoms with E-state index in [9.17, 15) is 9.59 Å². The Bertz CT molecular complexity index is 1350. The fourth-order valence-corrected chi connectivity index (χ4v) is 7.72. The molecule has 4 nitrogen and oxygen atoms in total. The predicted molar refractivity (Wildman–Crippen MR) is 146 cm³/mol. The average molecular weight is 519 g/mol. The lowest BCUT2D eigenvalue weighted by atomic mass is 9.68. The second kappa shape index (κ2) is 9.83. The summed E-state index contributed by atoms with van der Waals surface area (Å²) in [4.78, 5) is 32.7. The fourth-order valence-electron chi connectivity index (χ4n) is 6.64. The zero-order valence-corrected chi connectivity index (χ0v) is 22.0. The summed E-state index contributed by atoms with van der Waals surface area (Å²) in [6.07, 6.45) is 10.9. The summed E-state index contributed by atoms with van der Waals surface area (Å²) in [5, 5.41) is 1.30. The van der Waals surface area contributed by atoms with Gasteiger partial charge in [0, 0.05) is 27.6 Å². The molecule has 2 saturated carbocycles. The smallest absolute Gasteiger partial charge is 0.258 e. The van der Waals surface area contributed by atoms with Gasteiger partial charge in [-0.2, -0.15) is 0 Å². The highest BCUT2D eigenvalue weighted by Gasteiger charge is 2.45. The number of aromatic nitrogens is 2. The number of nitrogens with zero attached hydrogens (tertiary/aromatic N) is 2. The van der Waals surface area contributed by atoms with Gasteiger partial charge >= 0.3 is 0 Å². The number of thioether (sulfide) groups is 1. The number of carbonyl (C=O) groups is 1. The minimum atomic E-state index is -0.105. The lowest BCUT2D eigenvalue weighted by Gasteiger charge is -2.37. The van der Waals surface area contributed by atoms with Crippen LogP contribution < -0.4 is 5.56 Å². The van der Waals surface area contributed by atoms with Gasteiger partial charge in [-0.25, -0.2) is 4.98 Å². The fraction of sp³-hybridized carbons (Fsp3) is 0.433. The van der Waals surface area contributed by atoms with Gasteiger partial charge < -0.3 is 0 Å². The molecule has 0 amide bonds. The first kappa shape index (κ1) is 24.0. The molecule has 0 saturated heterocycles. The van der Waals surface area contributed by atoms with Crippen LogP contribution in [-0.4, -0.2) is 21.1 Å². The minimum Gasteiger partial charge on any atom is -0.293 e. The first-order chi connectivity index (χ1) is 17.6. The van der Waals surface area contributed by atoms with Crippen LogP contribution in [0.4, 0.5) is 0 Å². The molecule has 186 valence electrons. The van der Waals surface area contributed by atoms with Gasteiger partial charge in [0.05, 0.1) is 17.0 Å². The normalized spacial score (nSPS) is 18.7. The van der Waals surface area contributed by atoms with Crippen molar-refractivity contribution in [3.05, 3.63) is 80.6 Å². The van der Waals surface area contributed by atoms with E-state index in [0.717, 1.165) is 74.6 Å². The Hall–Kier alpha value is -2.37. The van der Waals surface area contributed by atoms with E-state index in [-0.39, 0.29) is 28.6 Å². The quantitative estimate of drug-likeness (QED) is 0.200. The lowest BCUT2D eigenvalue weighted by molar-refractivity contribution is 0.102. The molecule has 6 heteroatoms. The van der Waals surface area contributed by atoms with Crippen LogP contribution in [0.15, 0.2) is 58.5 Å². The highest BCUT2D eigenvalue weighted by Crippen LogP contribution is 2.50. The van der Waals surface area contributed by atoms with Gasteiger partial charge in [0.15, 0.2) is 10.9 Å². The molecule has 1 spiro atoms. The van der Waals surface area contributed by atoms with E-state index in [2.05, 4.69) is 18.2 Å². The zero-order valence-electron chi connectivity index (χ0n) is 20.5. The Morgan fingerprint density at radius 2 is 1.72 bits per heavy atom. The van der Waals surface area contributed by atoms with Crippen molar-refractivity contribution < 1.29 is 4.79 Å². The number of fused-ring (bicyclic) bond motifs is 4. The van der Waals surface area contributed by atoms with Gasteiger partial charge in [-0.3, -0.25) is 14.2 Å². The van der Waals surface area contributed by atoms with Gasteiger partial charge in [-0.05, 0) is 61.9 Å². The second-order valence-corrected chi connectivity index (χ2v) is 12.0. The van der Waals surface area contributed by atoms with Crippen molar-refractivity contribution in [3.8, 4) is 11.3 Å². The monoisotopic (exact) mass is 518 g/mol. The Morgan fingerprint density at radius 1 is 1.00 bits per heavy atom. The molecule has 0 atom stereocenters. The van der Waals surface area contributed by atoms with Crippen LogP contribution in [-0.2, 0) is 11.8 Å². The Balaban J connectivity index is 1.47. The summed E-state index contributed by atoms with van der Waals surface area (Å²) < 4.78 is 1.99. The van der Waals surface area contributed by atoms with Crippen molar-refractivity contribution in [1.29, 1.82) is 0 Å². The van der Waals surface area contributed by atoms with Gasteiger partial charge in [0.2, 0.25) is 0 Å². The van der Waals surface area contributed by atoms with E-state index >= 15 is 0 Å². The highest BCUT2D eigenvalue weighted by atomic mass is 35.5. The Morgan fingerprint density at radius 3 is 2.47 bits per heavy atom. The molecule has 0 unspecified atom stereocenters. The largest absolute Gasteiger partial charge is 0.293 e. The zero-order chi connectivity index (χ0) is 24.7. The maximum atomic E-state index is 14.5. The van der Waals surface area contributed by atoms with E-state index in [1.54, 1.807) is 24.3 Å². The molecule has 0 radical (unpaired) electrons. The summed E-state index contributed by atoms with van der Waals surface area (Å²) in [7, 11) is 0. The number of carbonyl (C=O) groups excluding carboxylic acids is 1. The third kappa shape index (κ3) is 4.24. The number of hydrogen-bond acceptors (Lipinski definition) is 4. The summed E-state index contributed by atoms with van der Waals surface area (Å²) in [5.41, 5.74) is 4.85. The number of Topliss-reactive ketones (excluding diaryl/α,β-unsaturated/α-hetero) is 1. The first-order valence-corrected chi connectivity index (χ1v) is 14.6. The number of ketones is 1. The standard InChI is InChI=1S/C30H31ClN2O2S/c31-22-14-12-20(13-15-22)25(34)19-36-29-32-27-24-11-5-4-8-21(24)18-30(16-6-7-17-30)26(27)28(35)33(29)23-9-2-1-3-10-23/h4-5,8,11-15,23H,1-3,6-7,9-10,16-19H2. The van der Waals surface area contributed by atoms with Crippen LogP contribution in [0.2, 0.25) is 5.02 Å². The third-order valence-electron chi connectivity index (χ3n) is 8.41. The van der Waals surface area contributed by atoms with E-state index in [0.29, 0.717) is 15.7 Å². The second-order valence-electron chi connectivity index (χ2n) is 10.6. The van der Waals surface area contributed by atoms with Crippen molar-refractivity contribution >= 4 is 29.1 Å². The van der Waals surface area contributed by atoms with Gasteiger partial charge in [-0.1, -0.05) is 79.7 Å². The van der Waals surface area contributed by atoms with Crippen LogP contribution >= 0.6 is 23.4 Å². The SMILES string of the molecule is O=C(CSc1nc2c(c(=O)n1C1CCCCC1)C1(CCCC1)Cc1ccccc1-2)c1ccc(Cl)cc1. The summed E-state index contributed by atoms with van der Waals surface area (Å²) in [6, 6.07) is 15.6. The van der Waals surface area contributed by atoms with Crippen molar-refractivity contribution in [1.82, 2.24) is 9.55 Å². The number of benzene rings is 2. The number of halogens is 1. The van der Waals surface area contributed by atoms with Crippen LogP contribution in [0.5, 0.6) is 0 Å². The van der Waals surface area contributed by atoms with E-state index in [1.165, 1.54) is 23.7 Å². The van der Waals surface area contributed by atoms with E-state index in [4.69, 9.17) is 16.6 Å². The van der Waals surface area contributed by atoms with Crippen LogP contribution in [0.3, 0.4) is 0 Å². The maximum Gasteiger partial charge on any atom is 0.258 e. The third-order valence-corrected chi connectivity index (χ3v) is 9.62. The molecule has 2 fully saturated rings. The van der Waals surface area contributed by atoms with Gasteiger partial charge in [0.25, 0.3) is 5.56 Å². The number of hydrogen-bond donors (Lipinski definition) is 0. The van der Waals surface area contributed by atoms with Crippen LogP contribution in [0.1, 0.15) is 85.3 Å². The predicted octanol–water partition coefficient (Wildman–Crippen LogP) is 7.41. The van der Waals surface area contributed by atoms with Crippen LogP contribution in [0, 0.1) is 0 Å².